The molecule has 146 valence electrons. The Bertz CT molecular complexity index is 913. The topological polar surface area (TPSA) is 84.4 Å². The van der Waals surface area contributed by atoms with Gasteiger partial charge in [-0.3, -0.25) is 9.69 Å². The number of carbonyl (C=O) groups excluding carboxylic acids is 1. The van der Waals surface area contributed by atoms with Crippen molar-refractivity contribution < 1.29 is 13.7 Å². The molecule has 7 heteroatoms. The molecule has 1 amide bonds. The van der Waals surface area contributed by atoms with Crippen molar-refractivity contribution in [3.8, 4) is 11.4 Å². The van der Waals surface area contributed by atoms with Crippen LogP contribution in [0.1, 0.15) is 54.4 Å². The minimum Gasteiger partial charge on any atom is -0.454 e. The van der Waals surface area contributed by atoms with Crippen LogP contribution in [0.25, 0.3) is 11.4 Å². The van der Waals surface area contributed by atoms with Gasteiger partial charge in [-0.2, -0.15) is 4.98 Å². The van der Waals surface area contributed by atoms with E-state index >= 15 is 0 Å². The van der Waals surface area contributed by atoms with Crippen LogP contribution in [-0.2, 0) is 6.54 Å². The van der Waals surface area contributed by atoms with Gasteiger partial charge in [0, 0.05) is 5.56 Å². The van der Waals surface area contributed by atoms with Crippen LogP contribution in [0.15, 0.2) is 51.4 Å². The minimum atomic E-state index is -0.295. The van der Waals surface area contributed by atoms with Crippen LogP contribution in [-0.4, -0.2) is 34.0 Å². The summed E-state index contributed by atoms with van der Waals surface area (Å²) in [6, 6.07) is 13.3. The van der Waals surface area contributed by atoms with E-state index in [2.05, 4.69) is 27.3 Å². The number of aromatic nitrogens is 2. The molecular weight excluding hydrogens is 356 g/mol. The second kappa shape index (κ2) is 8.39. The van der Waals surface area contributed by atoms with Crippen molar-refractivity contribution in [2.75, 3.05) is 13.1 Å². The highest BCUT2D eigenvalue weighted by Gasteiger charge is 2.22. The minimum absolute atomic E-state index is 0.149. The van der Waals surface area contributed by atoms with Gasteiger partial charge in [-0.1, -0.05) is 41.9 Å². The Morgan fingerprint density at radius 1 is 1.14 bits per heavy atom. The second-order valence-electron chi connectivity index (χ2n) is 7.04. The summed E-state index contributed by atoms with van der Waals surface area (Å²) in [5.41, 5.74) is 0.867. The summed E-state index contributed by atoms with van der Waals surface area (Å²) in [5, 5.41) is 6.72. The number of carbonyl (C=O) groups is 1. The summed E-state index contributed by atoms with van der Waals surface area (Å²) < 4.78 is 11.0. The molecule has 1 saturated heterocycles. The van der Waals surface area contributed by atoms with Crippen molar-refractivity contribution >= 4 is 5.91 Å². The van der Waals surface area contributed by atoms with Crippen LogP contribution < -0.4 is 5.32 Å². The van der Waals surface area contributed by atoms with Gasteiger partial charge in [-0.05, 0) is 45.0 Å². The zero-order chi connectivity index (χ0) is 19.3. The Kier molecular flexibility index (Phi) is 5.53. The standard InChI is InChI=1S/C21H24N4O3/c1-15(25-12-6-3-7-13-25)17-10-11-18(27-17)21(26)22-14-19-23-20(24-28-19)16-8-4-2-5-9-16/h2,4-5,8-11,15H,3,6-7,12-14H2,1H3,(H,22,26)/t15-/m1/s1. The van der Waals surface area contributed by atoms with Crippen molar-refractivity contribution in [3.63, 3.8) is 0 Å². The van der Waals surface area contributed by atoms with E-state index < -0.39 is 0 Å². The molecule has 3 aromatic rings. The smallest absolute Gasteiger partial charge is 0.287 e. The Hall–Kier alpha value is -2.93. The number of piperidine rings is 1. The lowest BCUT2D eigenvalue weighted by Crippen LogP contribution is -2.32. The molecule has 4 rings (SSSR count). The fourth-order valence-electron chi connectivity index (χ4n) is 3.46. The molecule has 0 saturated carbocycles. The van der Waals surface area contributed by atoms with E-state index in [0.29, 0.717) is 17.5 Å². The molecule has 1 fully saturated rings. The zero-order valence-corrected chi connectivity index (χ0v) is 15.9. The molecule has 2 aromatic heterocycles. The van der Waals surface area contributed by atoms with Crippen molar-refractivity contribution in [2.24, 2.45) is 0 Å². The molecule has 0 spiro atoms. The van der Waals surface area contributed by atoms with Gasteiger partial charge in [0.25, 0.3) is 5.91 Å². The molecule has 1 N–H and O–H groups in total. The van der Waals surface area contributed by atoms with E-state index in [4.69, 9.17) is 8.94 Å². The monoisotopic (exact) mass is 380 g/mol. The average Bonchev–Trinajstić information content (AvgIpc) is 3.43. The quantitative estimate of drug-likeness (QED) is 0.700. The van der Waals surface area contributed by atoms with Gasteiger partial charge in [0.05, 0.1) is 12.6 Å². The van der Waals surface area contributed by atoms with Gasteiger partial charge in [-0.15, -0.1) is 0 Å². The Morgan fingerprint density at radius 2 is 1.93 bits per heavy atom. The van der Waals surface area contributed by atoms with E-state index in [1.165, 1.54) is 19.3 Å². The number of furan rings is 1. The number of amides is 1. The molecule has 0 bridgehead atoms. The molecule has 3 heterocycles. The highest BCUT2D eigenvalue weighted by atomic mass is 16.5. The summed E-state index contributed by atoms with van der Waals surface area (Å²) in [6.45, 7) is 4.42. The molecule has 1 aliphatic rings. The third-order valence-electron chi connectivity index (χ3n) is 5.10. The van der Waals surface area contributed by atoms with Crippen LogP contribution in [0.5, 0.6) is 0 Å². The predicted molar refractivity (Wildman–Crippen MR) is 103 cm³/mol. The first kappa shape index (κ1) is 18.4. The third-order valence-corrected chi connectivity index (χ3v) is 5.10. The summed E-state index contributed by atoms with van der Waals surface area (Å²) in [4.78, 5) is 19.1. The summed E-state index contributed by atoms with van der Waals surface area (Å²) >= 11 is 0. The van der Waals surface area contributed by atoms with E-state index in [0.717, 1.165) is 24.4 Å². The zero-order valence-electron chi connectivity index (χ0n) is 15.9. The number of hydrogen-bond donors (Lipinski definition) is 1. The van der Waals surface area contributed by atoms with Crippen molar-refractivity contribution in [3.05, 3.63) is 59.9 Å². The van der Waals surface area contributed by atoms with Crippen LogP contribution >= 0.6 is 0 Å². The normalized spacial score (nSPS) is 16.0. The fourth-order valence-corrected chi connectivity index (χ4v) is 3.46. The highest BCUT2D eigenvalue weighted by Crippen LogP contribution is 2.25. The van der Waals surface area contributed by atoms with Crippen molar-refractivity contribution in [2.45, 2.75) is 38.8 Å². The average molecular weight is 380 g/mol. The van der Waals surface area contributed by atoms with Gasteiger partial charge in [0.1, 0.15) is 5.76 Å². The summed E-state index contributed by atoms with van der Waals surface area (Å²) in [6.07, 6.45) is 3.72. The number of hydrogen-bond acceptors (Lipinski definition) is 6. The van der Waals surface area contributed by atoms with Crippen molar-refractivity contribution in [1.29, 1.82) is 0 Å². The highest BCUT2D eigenvalue weighted by molar-refractivity contribution is 5.91. The van der Waals surface area contributed by atoms with Gasteiger partial charge in [-0.25, -0.2) is 0 Å². The van der Waals surface area contributed by atoms with Gasteiger partial charge in [0.2, 0.25) is 11.7 Å². The SMILES string of the molecule is C[C@H](c1ccc(C(=O)NCc2nc(-c3ccccc3)no2)o1)N1CCCCC1. The second-order valence-corrected chi connectivity index (χ2v) is 7.04. The first-order valence-corrected chi connectivity index (χ1v) is 9.71. The molecule has 1 aliphatic heterocycles. The Morgan fingerprint density at radius 3 is 2.71 bits per heavy atom. The number of nitrogens with one attached hydrogen (secondary N) is 1. The summed E-state index contributed by atoms with van der Waals surface area (Å²) in [7, 11) is 0. The van der Waals surface area contributed by atoms with E-state index in [1.807, 2.05) is 36.4 Å². The van der Waals surface area contributed by atoms with E-state index in [1.54, 1.807) is 6.07 Å². The fraction of sp³-hybridized carbons (Fsp3) is 0.381. The van der Waals surface area contributed by atoms with Crippen LogP contribution in [0.4, 0.5) is 0 Å². The molecule has 0 radical (unpaired) electrons. The first-order chi connectivity index (χ1) is 13.7. The van der Waals surface area contributed by atoms with Crippen molar-refractivity contribution in [1.82, 2.24) is 20.4 Å². The largest absolute Gasteiger partial charge is 0.454 e. The number of likely N-dealkylation sites (tertiary alicyclic amines) is 1. The molecular formula is C21H24N4O3. The molecule has 28 heavy (non-hydrogen) atoms. The molecule has 0 unspecified atom stereocenters. The van der Waals surface area contributed by atoms with Crippen LogP contribution in [0.3, 0.4) is 0 Å². The van der Waals surface area contributed by atoms with Gasteiger partial charge >= 0.3 is 0 Å². The molecule has 0 aliphatic carbocycles. The molecule has 1 atom stereocenters. The lowest BCUT2D eigenvalue weighted by Gasteiger charge is -2.31. The number of nitrogens with zero attached hydrogens (tertiary/aromatic N) is 3. The third kappa shape index (κ3) is 4.14. The number of rotatable bonds is 6. The summed E-state index contributed by atoms with van der Waals surface area (Å²) in [5.74, 6) is 1.66. The van der Waals surface area contributed by atoms with Gasteiger partial charge < -0.3 is 14.3 Å². The maximum atomic E-state index is 12.4. The molecule has 1 aromatic carbocycles. The lowest BCUT2D eigenvalue weighted by atomic mass is 10.1. The Balaban J connectivity index is 1.34. The molecule has 7 nitrogen and oxygen atoms in total. The number of benzene rings is 1. The first-order valence-electron chi connectivity index (χ1n) is 9.71. The van der Waals surface area contributed by atoms with E-state index in [9.17, 15) is 4.79 Å². The van der Waals surface area contributed by atoms with Crippen LogP contribution in [0, 0.1) is 0 Å². The van der Waals surface area contributed by atoms with Crippen LogP contribution in [0.2, 0.25) is 0 Å². The van der Waals surface area contributed by atoms with E-state index in [-0.39, 0.29) is 18.5 Å². The maximum absolute atomic E-state index is 12.4. The Labute approximate surface area is 163 Å². The maximum Gasteiger partial charge on any atom is 0.287 e. The predicted octanol–water partition coefficient (Wildman–Crippen LogP) is 3.81. The van der Waals surface area contributed by atoms with Gasteiger partial charge in [0.15, 0.2) is 5.76 Å². The lowest BCUT2D eigenvalue weighted by molar-refractivity contribution is 0.0909.